The van der Waals surface area contributed by atoms with Crippen molar-refractivity contribution in [3.05, 3.63) is 0 Å². The summed E-state index contributed by atoms with van der Waals surface area (Å²) in [6.07, 6.45) is 0.236. The Hall–Kier alpha value is -1.24. The fourth-order valence-corrected chi connectivity index (χ4v) is 1.62. The highest BCUT2D eigenvalue weighted by atomic mass is 19.3. The van der Waals surface area contributed by atoms with E-state index in [2.05, 4.69) is 4.74 Å². The molecule has 5 nitrogen and oxygen atoms in total. The van der Waals surface area contributed by atoms with Crippen molar-refractivity contribution >= 4 is 11.9 Å². The van der Waals surface area contributed by atoms with Crippen molar-refractivity contribution < 1.29 is 23.1 Å². The largest absolute Gasteiger partial charge is 0.454 e. The summed E-state index contributed by atoms with van der Waals surface area (Å²) < 4.78 is 31.4. The number of esters is 1. The summed E-state index contributed by atoms with van der Waals surface area (Å²) in [6.45, 7) is 1.97. The molecular weight excluding hydrogens is 246 g/mol. The molecule has 2 N–H and O–H groups in total. The van der Waals surface area contributed by atoms with Crippen molar-refractivity contribution in [1.82, 2.24) is 4.90 Å². The number of nitrogens with two attached hydrogens (primary N) is 1. The van der Waals surface area contributed by atoms with Crippen molar-refractivity contribution in [2.24, 2.45) is 11.7 Å². The summed E-state index contributed by atoms with van der Waals surface area (Å²) in [7, 11) is 0. The zero-order valence-corrected chi connectivity index (χ0v) is 10.5. The van der Waals surface area contributed by atoms with Gasteiger partial charge >= 0.3 is 5.97 Å². The molecule has 0 aliphatic carbocycles. The fourth-order valence-electron chi connectivity index (χ4n) is 1.62. The topological polar surface area (TPSA) is 72.6 Å². The van der Waals surface area contributed by atoms with Gasteiger partial charge in [-0.3, -0.25) is 9.59 Å². The van der Waals surface area contributed by atoms with Crippen LogP contribution in [0.4, 0.5) is 8.78 Å². The van der Waals surface area contributed by atoms with Crippen molar-refractivity contribution in [3.8, 4) is 0 Å². The molecule has 0 spiro atoms. The van der Waals surface area contributed by atoms with E-state index in [9.17, 15) is 18.4 Å². The molecule has 18 heavy (non-hydrogen) atoms. The van der Waals surface area contributed by atoms with Crippen LogP contribution in [0.5, 0.6) is 0 Å². The van der Waals surface area contributed by atoms with E-state index in [-0.39, 0.29) is 13.0 Å². The summed E-state index contributed by atoms with van der Waals surface area (Å²) in [5, 5.41) is 0. The van der Waals surface area contributed by atoms with E-state index in [1.807, 2.05) is 0 Å². The lowest BCUT2D eigenvalue weighted by Crippen LogP contribution is -2.51. The SMILES string of the molecule is CC1CCN(C(=O)COC(=O)[C@H](C)N)CC1(F)F. The lowest BCUT2D eigenvalue weighted by molar-refractivity contribution is -0.160. The Morgan fingerprint density at radius 2 is 2.17 bits per heavy atom. The first-order valence-corrected chi connectivity index (χ1v) is 5.82. The van der Waals surface area contributed by atoms with Gasteiger partial charge < -0.3 is 15.4 Å². The first kappa shape index (κ1) is 14.8. The Bertz CT molecular complexity index is 334. The second-order valence-corrected chi connectivity index (χ2v) is 4.66. The molecule has 7 heteroatoms. The number of rotatable bonds is 3. The van der Waals surface area contributed by atoms with E-state index < -0.39 is 42.9 Å². The normalized spacial score (nSPS) is 24.5. The molecule has 0 bridgehead atoms. The fraction of sp³-hybridized carbons (Fsp3) is 0.818. The maximum absolute atomic E-state index is 13.4. The third kappa shape index (κ3) is 3.63. The predicted octanol–water partition coefficient (Wildman–Crippen LogP) is 0.380. The molecule has 1 heterocycles. The zero-order valence-electron chi connectivity index (χ0n) is 10.5. The smallest absolute Gasteiger partial charge is 0.323 e. The standard InChI is InChI=1S/C11H18F2N2O3/c1-7-3-4-15(6-11(7,12)13)9(16)5-18-10(17)8(2)14/h7-8H,3-6,14H2,1-2H3/t7?,8-/m0/s1. The van der Waals surface area contributed by atoms with Crippen LogP contribution in [0.25, 0.3) is 0 Å². The number of hydrogen-bond donors (Lipinski definition) is 1. The van der Waals surface area contributed by atoms with Gasteiger partial charge in [0.25, 0.3) is 11.8 Å². The van der Waals surface area contributed by atoms with Crippen LogP contribution in [0.15, 0.2) is 0 Å². The highest BCUT2D eigenvalue weighted by molar-refractivity contribution is 5.82. The van der Waals surface area contributed by atoms with E-state index >= 15 is 0 Å². The molecule has 1 amide bonds. The molecular formula is C11H18F2N2O3. The number of carbonyl (C=O) groups excluding carboxylic acids is 2. The zero-order chi connectivity index (χ0) is 13.9. The lowest BCUT2D eigenvalue weighted by Gasteiger charge is -2.36. The van der Waals surface area contributed by atoms with Gasteiger partial charge in [-0.25, -0.2) is 8.78 Å². The van der Waals surface area contributed by atoms with E-state index in [0.29, 0.717) is 0 Å². The molecule has 0 radical (unpaired) electrons. The van der Waals surface area contributed by atoms with Crippen molar-refractivity contribution in [3.63, 3.8) is 0 Å². The number of carbonyl (C=O) groups is 2. The number of nitrogens with zero attached hydrogens (tertiary/aromatic N) is 1. The number of likely N-dealkylation sites (tertiary alicyclic amines) is 1. The number of alkyl halides is 2. The van der Waals surface area contributed by atoms with Gasteiger partial charge in [-0.15, -0.1) is 0 Å². The van der Waals surface area contributed by atoms with E-state index in [4.69, 9.17) is 5.73 Å². The molecule has 0 aromatic rings. The van der Waals surface area contributed by atoms with Gasteiger partial charge in [0.05, 0.1) is 6.54 Å². The van der Waals surface area contributed by atoms with Crippen LogP contribution in [-0.4, -0.2) is 48.4 Å². The summed E-state index contributed by atoms with van der Waals surface area (Å²) in [5.41, 5.74) is 5.24. The number of halogens is 2. The summed E-state index contributed by atoms with van der Waals surface area (Å²) >= 11 is 0. The molecule has 0 saturated carbocycles. The highest BCUT2D eigenvalue weighted by Gasteiger charge is 2.43. The van der Waals surface area contributed by atoms with Crippen LogP contribution in [-0.2, 0) is 14.3 Å². The van der Waals surface area contributed by atoms with Crippen molar-refractivity contribution in [2.75, 3.05) is 19.7 Å². The average Bonchev–Trinajstić information content (AvgIpc) is 2.28. The Morgan fingerprint density at radius 3 is 2.67 bits per heavy atom. The van der Waals surface area contributed by atoms with Crippen molar-refractivity contribution in [2.45, 2.75) is 32.2 Å². The highest BCUT2D eigenvalue weighted by Crippen LogP contribution is 2.32. The molecule has 1 unspecified atom stereocenters. The van der Waals surface area contributed by atoms with Crippen LogP contribution in [0.3, 0.4) is 0 Å². The predicted molar refractivity (Wildman–Crippen MR) is 59.9 cm³/mol. The van der Waals surface area contributed by atoms with E-state index in [0.717, 1.165) is 4.90 Å². The van der Waals surface area contributed by atoms with Crippen LogP contribution < -0.4 is 5.73 Å². The second-order valence-electron chi connectivity index (χ2n) is 4.66. The van der Waals surface area contributed by atoms with Gasteiger partial charge in [0.2, 0.25) is 0 Å². The Morgan fingerprint density at radius 1 is 1.56 bits per heavy atom. The number of piperidine rings is 1. The quantitative estimate of drug-likeness (QED) is 0.748. The van der Waals surface area contributed by atoms with Crippen LogP contribution in [0, 0.1) is 5.92 Å². The van der Waals surface area contributed by atoms with Gasteiger partial charge in [0, 0.05) is 12.5 Å². The maximum Gasteiger partial charge on any atom is 0.323 e. The van der Waals surface area contributed by atoms with Gasteiger partial charge in [0.1, 0.15) is 6.04 Å². The van der Waals surface area contributed by atoms with Crippen molar-refractivity contribution in [1.29, 1.82) is 0 Å². The van der Waals surface area contributed by atoms with E-state index in [1.54, 1.807) is 0 Å². The number of hydrogen-bond acceptors (Lipinski definition) is 4. The minimum Gasteiger partial charge on any atom is -0.454 e. The minimum atomic E-state index is -2.89. The molecule has 1 aliphatic rings. The van der Waals surface area contributed by atoms with Crippen LogP contribution >= 0.6 is 0 Å². The molecule has 0 aromatic carbocycles. The molecule has 1 fully saturated rings. The Kier molecular flexibility index (Phi) is 4.61. The third-order valence-corrected chi connectivity index (χ3v) is 3.02. The average molecular weight is 264 g/mol. The number of ether oxygens (including phenoxy) is 1. The Labute approximate surface area is 104 Å². The van der Waals surface area contributed by atoms with Crippen LogP contribution in [0.2, 0.25) is 0 Å². The van der Waals surface area contributed by atoms with Gasteiger partial charge in [-0.05, 0) is 13.3 Å². The summed E-state index contributed by atoms with van der Waals surface area (Å²) in [4.78, 5) is 23.7. The molecule has 1 aliphatic heterocycles. The first-order chi connectivity index (χ1) is 8.24. The first-order valence-electron chi connectivity index (χ1n) is 5.82. The van der Waals surface area contributed by atoms with E-state index in [1.165, 1.54) is 13.8 Å². The number of amides is 1. The minimum absolute atomic E-state index is 0.236. The molecule has 104 valence electrons. The summed E-state index contributed by atoms with van der Waals surface area (Å²) in [5.74, 6) is -4.97. The lowest BCUT2D eigenvalue weighted by atomic mass is 9.95. The third-order valence-electron chi connectivity index (χ3n) is 3.02. The van der Waals surface area contributed by atoms with Gasteiger partial charge in [0.15, 0.2) is 6.61 Å². The van der Waals surface area contributed by atoms with Gasteiger partial charge in [-0.2, -0.15) is 0 Å². The van der Waals surface area contributed by atoms with Gasteiger partial charge in [-0.1, -0.05) is 6.92 Å². The summed E-state index contributed by atoms with van der Waals surface area (Å²) in [6, 6.07) is -0.833. The molecule has 1 rings (SSSR count). The molecule has 0 aromatic heterocycles. The molecule has 1 saturated heterocycles. The monoisotopic (exact) mass is 264 g/mol. The Balaban J connectivity index is 2.46. The maximum atomic E-state index is 13.4. The molecule has 2 atom stereocenters. The second kappa shape index (κ2) is 5.60. The van der Waals surface area contributed by atoms with Crippen LogP contribution in [0.1, 0.15) is 20.3 Å².